The van der Waals surface area contributed by atoms with E-state index in [1.54, 1.807) is 6.92 Å². The molecule has 0 aliphatic heterocycles. The van der Waals surface area contributed by atoms with Crippen molar-refractivity contribution in [3.05, 3.63) is 11.6 Å². The molecule has 1 rings (SSSR count). The molecular weight excluding hydrogens is 140 g/mol. The Hall–Kier alpha value is -1.06. The van der Waals surface area contributed by atoms with E-state index >= 15 is 0 Å². The summed E-state index contributed by atoms with van der Waals surface area (Å²) >= 11 is 0. The molecule has 1 aromatic heterocycles. The highest BCUT2D eigenvalue weighted by Crippen LogP contribution is 1.94. The molecule has 0 saturated carbocycles. The van der Waals surface area contributed by atoms with E-state index in [0.717, 1.165) is 25.1 Å². The van der Waals surface area contributed by atoms with Gasteiger partial charge in [0.15, 0.2) is 11.6 Å². The number of rotatable bonds is 3. The fraction of sp³-hybridized carbons (Fsp3) is 0.714. The maximum Gasteiger partial charge on any atom is 0.173 e. The van der Waals surface area contributed by atoms with Crippen molar-refractivity contribution >= 4 is 0 Å². The van der Waals surface area contributed by atoms with Crippen LogP contribution in [0.4, 0.5) is 0 Å². The molecule has 11 heavy (non-hydrogen) atoms. The first kappa shape index (κ1) is 8.04. The van der Waals surface area contributed by atoms with Crippen molar-refractivity contribution in [3.8, 4) is 0 Å². The lowest BCUT2D eigenvalue weighted by Gasteiger charge is -1.94. The zero-order chi connectivity index (χ0) is 8.10. The molecule has 0 fully saturated rings. The molecule has 1 aromatic rings. The van der Waals surface area contributed by atoms with Gasteiger partial charge in [0.25, 0.3) is 0 Å². The summed E-state index contributed by atoms with van der Waals surface area (Å²) in [4.78, 5) is 0. The van der Waals surface area contributed by atoms with E-state index in [0.29, 0.717) is 5.82 Å². The third-order valence-electron chi connectivity index (χ3n) is 1.37. The third kappa shape index (κ3) is 2.57. The average Bonchev–Trinajstić information content (AvgIpc) is 2.04. The molecule has 0 aliphatic rings. The van der Waals surface area contributed by atoms with Gasteiger partial charge in [-0.15, -0.1) is 20.4 Å². The topological polar surface area (TPSA) is 51.6 Å². The van der Waals surface area contributed by atoms with Crippen LogP contribution >= 0.6 is 0 Å². The number of nitrogens with zero attached hydrogens (tertiary/aromatic N) is 4. The number of unbranched alkanes of at least 4 members (excludes halogenated alkanes) is 1. The van der Waals surface area contributed by atoms with Crippen LogP contribution in [-0.4, -0.2) is 20.4 Å². The van der Waals surface area contributed by atoms with Crippen LogP contribution in [0, 0.1) is 6.92 Å². The van der Waals surface area contributed by atoms with Crippen molar-refractivity contribution < 1.29 is 0 Å². The van der Waals surface area contributed by atoms with Crippen LogP contribution in [0.3, 0.4) is 0 Å². The van der Waals surface area contributed by atoms with Crippen molar-refractivity contribution in [2.24, 2.45) is 0 Å². The maximum absolute atomic E-state index is 3.89. The normalized spacial score (nSPS) is 10.0. The summed E-state index contributed by atoms with van der Waals surface area (Å²) in [6.45, 7) is 3.92. The van der Waals surface area contributed by atoms with Crippen LogP contribution in [0.2, 0.25) is 0 Å². The number of aryl methyl sites for hydroxylation is 2. The van der Waals surface area contributed by atoms with Gasteiger partial charge in [-0.2, -0.15) is 0 Å². The molecule has 0 spiro atoms. The van der Waals surface area contributed by atoms with Crippen LogP contribution in [0.15, 0.2) is 0 Å². The van der Waals surface area contributed by atoms with Gasteiger partial charge in [0.05, 0.1) is 0 Å². The second kappa shape index (κ2) is 3.95. The monoisotopic (exact) mass is 152 g/mol. The van der Waals surface area contributed by atoms with Gasteiger partial charge in [-0.1, -0.05) is 13.3 Å². The largest absolute Gasteiger partial charge is 0.173 e. The van der Waals surface area contributed by atoms with Gasteiger partial charge in [0, 0.05) is 6.42 Å². The molecular formula is C7H12N4. The highest BCUT2D eigenvalue weighted by Gasteiger charge is 1.95. The fourth-order valence-electron chi connectivity index (χ4n) is 0.735. The Morgan fingerprint density at radius 1 is 1.09 bits per heavy atom. The first-order valence-corrected chi connectivity index (χ1v) is 3.86. The number of aromatic nitrogens is 4. The molecule has 0 radical (unpaired) electrons. The van der Waals surface area contributed by atoms with Gasteiger partial charge in [0.1, 0.15) is 0 Å². The summed E-state index contributed by atoms with van der Waals surface area (Å²) in [5.74, 6) is 1.38. The highest BCUT2D eigenvalue weighted by atomic mass is 15.3. The Bertz CT molecular complexity index is 206. The standard InChI is InChI=1S/C7H12N4/c1-3-4-5-7-10-8-6(2)9-11-7/h3-5H2,1-2H3. The van der Waals surface area contributed by atoms with E-state index in [1.165, 1.54) is 0 Å². The summed E-state index contributed by atoms with van der Waals surface area (Å²) in [5, 5.41) is 15.4. The zero-order valence-electron chi connectivity index (χ0n) is 6.91. The SMILES string of the molecule is CCCCc1nnc(C)nn1. The summed E-state index contributed by atoms with van der Waals surface area (Å²) in [6.07, 6.45) is 3.14. The summed E-state index contributed by atoms with van der Waals surface area (Å²) in [7, 11) is 0. The maximum atomic E-state index is 3.89. The van der Waals surface area contributed by atoms with Gasteiger partial charge in [-0.3, -0.25) is 0 Å². The molecule has 60 valence electrons. The average molecular weight is 152 g/mol. The van der Waals surface area contributed by atoms with Gasteiger partial charge in [0.2, 0.25) is 0 Å². The quantitative estimate of drug-likeness (QED) is 0.646. The van der Waals surface area contributed by atoms with Crippen LogP contribution in [0.1, 0.15) is 31.4 Å². The van der Waals surface area contributed by atoms with Crippen LogP contribution in [-0.2, 0) is 6.42 Å². The number of hydrogen-bond donors (Lipinski definition) is 0. The predicted molar refractivity (Wildman–Crippen MR) is 41.0 cm³/mol. The summed E-state index contributed by atoms with van der Waals surface area (Å²) < 4.78 is 0. The Balaban J connectivity index is 2.52. The van der Waals surface area contributed by atoms with Crippen LogP contribution in [0.5, 0.6) is 0 Å². The van der Waals surface area contributed by atoms with Crippen molar-refractivity contribution in [2.45, 2.75) is 33.1 Å². The van der Waals surface area contributed by atoms with Crippen molar-refractivity contribution in [3.63, 3.8) is 0 Å². The molecule has 0 aromatic carbocycles. The molecule has 4 heteroatoms. The molecule has 0 atom stereocenters. The molecule has 4 nitrogen and oxygen atoms in total. The lowest BCUT2D eigenvalue weighted by atomic mass is 10.2. The van der Waals surface area contributed by atoms with Gasteiger partial charge in [-0.25, -0.2) is 0 Å². The second-order valence-electron chi connectivity index (χ2n) is 2.47. The minimum atomic E-state index is 0.630. The zero-order valence-corrected chi connectivity index (χ0v) is 6.91. The lowest BCUT2D eigenvalue weighted by molar-refractivity contribution is 0.681. The highest BCUT2D eigenvalue weighted by molar-refractivity contribution is 4.79. The van der Waals surface area contributed by atoms with E-state index in [1.807, 2.05) is 0 Å². The van der Waals surface area contributed by atoms with Crippen molar-refractivity contribution in [1.29, 1.82) is 0 Å². The van der Waals surface area contributed by atoms with Crippen LogP contribution in [0.25, 0.3) is 0 Å². The molecule has 0 bridgehead atoms. The molecule has 0 unspecified atom stereocenters. The summed E-state index contributed by atoms with van der Waals surface area (Å²) in [5.41, 5.74) is 0. The lowest BCUT2D eigenvalue weighted by Crippen LogP contribution is -2.02. The predicted octanol–water partition coefficient (Wildman–Crippen LogP) is 0.918. The Kier molecular flexibility index (Phi) is 2.89. The molecule has 0 N–H and O–H groups in total. The van der Waals surface area contributed by atoms with E-state index in [4.69, 9.17) is 0 Å². The summed E-state index contributed by atoms with van der Waals surface area (Å²) in [6, 6.07) is 0. The Labute approximate surface area is 66.1 Å². The minimum absolute atomic E-state index is 0.630. The van der Waals surface area contributed by atoms with Gasteiger partial charge in [-0.05, 0) is 13.3 Å². The Morgan fingerprint density at radius 3 is 2.27 bits per heavy atom. The van der Waals surface area contributed by atoms with E-state index < -0.39 is 0 Å². The second-order valence-corrected chi connectivity index (χ2v) is 2.47. The molecule has 0 aliphatic carbocycles. The van der Waals surface area contributed by atoms with E-state index in [2.05, 4.69) is 27.3 Å². The molecule has 0 saturated heterocycles. The van der Waals surface area contributed by atoms with Gasteiger partial charge >= 0.3 is 0 Å². The molecule has 1 heterocycles. The molecule has 0 amide bonds. The van der Waals surface area contributed by atoms with E-state index in [9.17, 15) is 0 Å². The Morgan fingerprint density at radius 2 is 1.73 bits per heavy atom. The fourth-order valence-corrected chi connectivity index (χ4v) is 0.735. The first-order chi connectivity index (χ1) is 5.33. The van der Waals surface area contributed by atoms with E-state index in [-0.39, 0.29) is 0 Å². The van der Waals surface area contributed by atoms with Gasteiger partial charge < -0.3 is 0 Å². The smallest absolute Gasteiger partial charge is 0.132 e. The van der Waals surface area contributed by atoms with Crippen LogP contribution < -0.4 is 0 Å². The third-order valence-corrected chi connectivity index (χ3v) is 1.37. The minimum Gasteiger partial charge on any atom is -0.132 e. The first-order valence-electron chi connectivity index (χ1n) is 3.86. The number of hydrogen-bond acceptors (Lipinski definition) is 4. The van der Waals surface area contributed by atoms with Crippen molar-refractivity contribution in [1.82, 2.24) is 20.4 Å². The van der Waals surface area contributed by atoms with Crippen molar-refractivity contribution in [2.75, 3.05) is 0 Å².